The van der Waals surface area contributed by atoms with Crippen molar-refractivity contribution in [2.24, 2.45) is 0 Å². The molecule has 0 saturated carbocycles. The van der Waals surface area contributed by atoms with Crippen molar-refractivity contribution in [1.82, 2.24) is 15.5 Å². The number of aryl methyl sites for hydroxylation is 1. The Morgan fingerprint density at radius 3 is 2.70 bits per heavy atom. The Morgan fingerprint density at radius 2 is 1.93 bits per heavy atom. The number of methoxy groups -OCH3 is 1. The van der Waals surface area contributed by atoms with Gasteiger partial charge in [0.1, 0.15) is 10.8 Å². The van der Waals surface area contributed by atoms with Crippen LogP contribution in [0.2, 0.25) is 0 Å². The van der Waals surface area contributed by atoms with Gasteiger partial charge in [-0.05, 0) is 36.8 Å². The van der Waals surface area contributed by atoms with Crippen molar-refractivity contribution in [3.8, 4) is 5.75 Å². The summed E-state index contributed by atoms with van der Waals surface area (Å²) in [6, 6.07) is 15.1. The predicted molar refractivity (Wildman–Crippen MR) is 120 cm³/mol. The van der Waals surface area contributed by atoms with E-state index in [4.69, 9.17) is 4.74 Å². The summed E-state index contributed by atoms with van der Waals surface area (Å²) in [7, 11) is 1.61. The minimum atomic E-state index is -0.288. The molecule has 156 valence electrons. The maximum atomic E-state index is 12.3. The zero-order valence-electron chi connectivity index (χ0n) is 16.7. The van der Waals surface area contributed by atoms with Gasteiger partial charge >= 0.3 is 0 Å². The van der Waals surface area contributed by atoms with Crippen LogP contribution in [-0.4, -0.2) is 34.9 Å². The number of hydrogen-bond donors (Lipinski definition) is 2. The lowest BCUT2D eigenvalue weighted by Gasteiger charge is -2.06. The largest absolute Gasteiger partial charge is 0.497 e. The van der Waals surface area contributed by atoms with Crippen LogP contribution in [0.15, 0.2) is 48.5 Å². The first-order valence-electron chi connectivity index (χ1n) is 9.21. The number of benzene rings is 2. The van der Waals surface area contributed by atoms with Gasteiger partial charge in [0, 0.05) is 18.0 Å². The summed E-state index contributed by atoms with van der Waals surface area (Å²) in [5, 5.41) is 14.7. The molecule has 9 heteroatoms. The highest BCUT2D eigenvalue weighted by atomic mass is 32.2. The summed E-state index contributed by atoms with van der Waals surface area (Å²) >= 11 is 2.66. The standard InChI is InChI=1S/C21H22N4O3S2/c1-14-6-8-16(9-7-14)23-20(27)21-25-24-19(30-21)13-29-12-18(26)22-11-15-4-3-5-17(10-15)28-2/h3-10H,11-13H2,1-2H3,(H,22,26)(H,23,27). The van der Waals surface area contributed by atoms with Gasteiger partial charge in [-0.2, -0.15) is 0 Å². The van der Waals surface area contributed by atoms with Crippen LogP contribution in [0, 0.1) is 6.92 Å². The molecule has 2 amide bonds. The minimum absolute atomic E-state index is 0.0651. The second-order valence-corrected chi connectivity index (χ2v) is 8.49. The highest BCUT2D eigenvalue weighted by Gasteiger charge is 2.13. The Hall–Kier alpha value is -2.91. The number of rotatable bonds is 9. The first-order valence-corrected chi connectivity index (χ1v) is 11.2. The molecule has 0 fully saturated rings. The van der Waals surface area contributed by atoms with Crippen molar-refractivity contribution in [2.45, 2.75) is 19.2 Å². The first-order chi connectivity index (χ1) is 14.5. The molecular weight excluding hydrogens is 420 g/mol. The molecule has 0 aliphatic rings. The fourth-order valence-corrected chi connectivity index (χ4v) is 4.13. The van der Waals surface area contributed by atoms with Crippen LogP contribution in [0.4, 0.5) is 5.69 Å². The molecule has 0 bridgehead atoms. The third-order valence-corrected chi connectivity index (χ3v) is 6.10. The summed E-state index contributed by atoms with van der Waals surface area (Å²) in [5.41, 5.74) is 2.81. The Kier molecular flexibility index (Phi) is 7.81. The number of nitrogens with one attached hydrogen (secondary N) is 2. The lowest BCUT2D eigenvalue weighted by atomic mass is 10.2. The van der Waals surface area contributed by atoms with Crippen molar-refractivity contribution in [3.63, 3.8) is 0 Å². The van der Waals surface area contributed by atoms with E-state index in [1.54, 1.807) is 7.11 Å². The average Bonchev–Trinajstić information content (AvgIpc) is 3.23. The van der Waals surface area contributed by atoms with Gasteiger partial charge in [0.15, 0.2) is 0 Å². The van der Waals surface area contributed by atoms with Crippen molar-refractivity contribution >= 4 is 40.6 Å². The van der Waals surface area contributed by atoms with E-state index in [9.17, 15) is 9.59 Å². The highest BCUT2D eigenvalue weighted by Crippen LogP contribution is 2.18. The van der Waals surface area contributed by atoms with Gasteiger partial charge in [-0.15, -0.1) is 22.0 Å². The zero-order chi connectivity index (χ0) is 21.3. The van der Waals surface area contributed by atoms with E-state index in [2.05, 4.69) is 20.8 Å². The molecule has 1 aromatic heterocycles. The van der Waals surface area contributed by atoms with Crippen LogP contribution in [0.3, 0.4) is 0 Å². The van der Waals surface area contributed by atoms with Crippen LogP contribution < -0.4 is 15.4 Å². The SMILES string of the molecule is COc1cccc(CNC(=O)CSCc2nnc(C(=O)Nc3ccc(C)cc3)s2)c1. The normalized spacial score (nSPS) is 10.5. The van der Waals surface area contributed by atoms with Crippen molar-refractivity contribution < 1.29 is 14.3 Å². The summed E-state index contributed by atoms with van der Waals surface area (Å²) in [5.74, 6) is 1.22. The molecule has 7 nitrogen and oxygen atoms in total. The lowest BCUT2D eigenvalue weighted by Crippen LogP contribution is -2.24. The van der Waals surface area contributed by atoms with Crippen LogP contribution in [0.25, 0.3) is 0 Å². The smallest absolute Gasteiger partial charge is 0.286 e. The van der Waals surface area contributed by atoms with Gasteiger partial charge in [-0.25, -0.2) is 0 Å². The second-order valence-electron chi connectivity index (χ2n) is 6.44. The number of ether oxygens (including phenoxy) is 1. The van der Waals surface area contributed by atoms with Crippen molar-refractivity contribution in [1.29, 1.82) is 0 Å². The van der Waals surface area contributed by atoms with Crippen LogP contribution in [-0.2, 0) is 17.1 Å². The third kappa shape index (κ3) is 6.57. The van der Waals surface area contributed by atoms with Gasteiger partial charge in [0.25, 0.3) is 5.91 Å². The van der Waals surface area contributed by atoms with Crippen LogP contribution >= 0.6 is 23.1 Å². The van der Waals surface area contributed by atoms with E-state index < -0.39 is 0 Å². The van der Waals surface area contributed by atoms with Crippen LogP contribution in [0.1, 0.15) is 25.9 Å². The molecule has 0 radical (unpaired) electrons. The molecule has 1 heterocycles. The highest BCUT2D eigenvalue weighted by molar-refractivity contribution is 7.99. The minimum Gasteiger partial charge on any atom is -0.497 e. The number of aromatic nitrogens is 2. The monoisotopic (exact) mass is 442 g/mol. The van der Waals surface area contributed by atoms with E-state index in [-0.39, 0.29) is 11.8 Å². The number of carbonyl (C=O) groups is 2. The maximum Gasteiger partial charge on any atom is 0.286 e. The zero-order valence-corrected chi connectivity index (χ0v) is 18.3. The topological polar surface area (TPSA) is 93.2 Å². The summed E-state index contributed by atoms with van der Waals surface area (Å²) < 4.78 is 5.18. The van der Waals surface area contributed by atoms with Gasteiger partial charge < -0.3 is 15.4 Å². The third-order valence-electron chi connectivity index (χ3n) is 4.05. The number of amides is 2. The molecule has 0 aliphatic carbocycles. The molecule has 0 unspecified atom stereocenters. The molecule has 3 rings (SSSR count). The number of hydrogen-bond acceptors (Lipinski definition) is 7. The van der Waals surface area contributed by atoms with E-state index in [1.165, 1.54) is 23.1 Å². The molecule has 2 aromatic carbocycles. The molecule has 0 aliphatic heterocycles. The van der Waals surface area contributed by atoms with Gasteiger partial charge in [0.05, 0.1) is 12.9 Å². The maximum absolute atomic E-state index is 12.3. The van der Waals surface area contributed by atoms with E-state index >= 15 is 0 Å². The van der Waals surface area contributed by atoms with Gasteiger partial charge in [-0.3, -0.25) is 9.59 Å². The molecule has 0 atom stereocenters. The predicted octanol–water partition coefficient (Wildman–Crippen LogP) is 3.66. The fourth-order valence-electron chi connectivity index (χ4n) is 2.49. The lowest BCUT2D eigenvalue weighted by molar-refractivity contribution is -0.118. The Morgan fingerprint density at radius 1 is 1.13 bits per heavy atom. The molecule has 3 aromatic rings. The molecule has 0 spiro atoms. The van der Waals surface area contributed by atoms with Crippen molar-refractivity contribution in [3.05, 3.63) is 69.7 Å². The number of thioether (sulfide) groups is 1. The molecule has 0 saturated heterocycles. The molecule has 30 heavy (non-hydrogen) atoms. The summed E-state index contributed by atoms with van der Waals surface area (Å²) in [6.07, 6.45) is 0. The number of anilines is 1. The van der Waals surface area contributed by atoms with Gasteiger partial charge in [0.2, 0.25) is 10.9 Å². The summed E-state index contributed by atoms with van der Waals surface area (Å²) in [6.45, 7) is 2.43. The number of carbonyl (C=O) groups excluding carboxylic acids is 2. The van der Waals surface area contributed by atoms with E-state index in [0.29, 0.717) is 33.8 Å². The van der Waals surface area contributed by atoms with Crippen molar-refractivity contribution in [2.75, 3.05) is 18.2 Å². The van der Waals surface area contributed by atoms with Crippen LogP contribution in [0.5, 0.6) is 5.75 Å². The Balaban J connectivity index is 1.40. The van der Waals surface area contributed by atoms with Gasteiger partial charge in [-0.1, -0.05) is 41.2 Å². The second kappa shape index (κ2) is 10.7. The summed E-state index contributed by atoms with van der Waals surface area (Å²) in [4.78, 5) is 24.3. The first kappa shape index (κ1) is 21.8. The quantitative estimate of drug-likeness (QED) is 0.525. The average molecular weight is 443 g/mol. The number of nitrogens with zero attached hydrogens (tertiary/aromatic N) is 2. The fraction of sp³-hybridized carbons (Fsp3) is 0.238. The van der Waals surface area contributed by atoms with E-state index in [0.717, 1.165) is 16.9 Å². The Bertz CT molecular complexity index is 1010. The molecule has 2 N–H and O–H groups in total. The Labute approximate surface area is 183 Å². The molecular formula is C21H22N4O3S2. The van der Waals surface area contributed by atoms with E-state index in [1.807, 2.05) is 55.5 Å².